The molecule has 3 rings (SSSR count). The molecule has 1 heterocycles. The summed E-state index contributed by atoms with van der Waals surface area (Å²) in [4.78, 5) is 0. The summed E-state index contributed by atoms with van der Waals surface area (Å²) in [5.74, 6) is 0. The van der Waals surface area contributed by atoms with Gasteiger partial charge in [-0.1, -0.05) is 58.4 Å². The van der Waals surface area contributed by atoms with Gasteiger partial charge in [-0.25, -0.2) is 5.06 Å². The molecule has 2 aromatic rings. The number of hydrogen-bond acceptors (Lipinski definition) is 4. The largest absolute Gasteiger partial charge is 0.286 e. The van der Waals surface area contributed by atoms with Crippen LogP contribution in [-0.2, 0) is 0 Å². The fourth-order valence-corrected chi connectivity index (χ4v) is 2.25. The third kappa shape index (κ3) is 2.64. The van der Waals surface area contributed by atoms with Gasteiger partial charge in [0.25, 0.3) is 0 Å². The van der Waals surface area contributed by atoms with Crippen LogP contribution < -0.4 is 0 Å². The maximum Gasteiger partial charge on any atom is 0.191 e. The molecule has 0 radical (unpaired) electrons. The number of halogens is 1. The zero-order valence-corrected chi connectivity index (χ0v) is 12.1. The lowest BCUT2D eigenvalue weighted by Gasteiger charge is -2.24. The van der Waals surface area contributed by atoms with Crippen molar-refractivity contribution in [1.29, 1.82) is 0 Å². The molecule has 1 aliphatic heterocycles. The second-order valence-corrected chi connectivity index (χ2v) is 5.32. The molecule has 0 aromatic heterocycles. The van der Waals surface area contributed by atoms with E-state index in [-0.39, 0.29) is 0 Å². The first-order valence-corrected chi connectivity index (χ1v) is 6.94. The number of rotatable bonds is 2. The standard InChI is InChI=1S/C15H12BrN3O/c16-13-8-6-12(7-9-13)15-18-17-14(10-19(15)20)11-4-2-1-3-5-11/h1-10,15,20H. The van der Waals surface area contributed by atoms with Crippen molar-refractivity contribution < 1.29 is 5.21 Å². The third-order valence-corrected chi connectivity index (χ3v) is 3.55. The molecular weight excluding hydrogens is 318 g/mol. The first kappa shape index (κ1) is 13.0. The zero-order valence-electron chi connectivity index (χ0n) is 10.5. The van der Waals surface area contributed by atoms with E-state index < -0.39 is 6.17 Å². The number of hydroxylamine groups is 2. The van der Waals surface area contributed by atoms with Gasteiger partial charge in [0.2, 0.25) is 0 Å². The lowest BCUT2D eigenvalue weighted by atomic mass is 10.1. The summed E-state index contributed by atoms with van der Waals surface area (Å²) in [5.41, 5.74) is 2.44. The van der Waals surface area contributed by atoms with Gasteiger partial charge in [-0.2, -0.15) is 10.2 Å². The van der Waals surface area contributed by atoms with Gasteiger partial charge in [-0.05, 0) is 12.1 Å². The number of benzene rings is 2. The van der Waals surface area contributed by atoms with E-state index in [0.717, 1.165) is 20.7 Å². The van der Waals surface area contributed by atoms with Crippen molar-refractivity contribution in [3.8, 4) is 0 Å². The molecule has 100 valence electrons. The van der Waals surface area contributed by atoms with Crippen molar-refractivity contribution in [3.05, 3.63) is 76.4 Å². The molecule has 2 aromatic carbocycles. The van der Waals surface area contributed by atoms with Gasteiger partial charge >= 0.3 is 0 Å². The van der Waals surface area contributed by atoms with Crippen LogP contribution >= 0.6 is 15.9 Å². The first-order chi connectivity index (χ1) is 9.74. The van der Waals surface area contributed by atoms with Gasteiger partial charge in [0.05, 0.1) is 6.20 Å². The van der Waals surface area contributed by atoms with Crippen LogP contribution in [0.4, 0.5) is 0 Å². The van der Waals surface area contributed by atoms with E-state index >= 15 is 0 Å². The molecule has 1 atom stereocenters. The Labute approximate surface area is 125 Å². The summed E-state index contributed by atoms with van der Waals surface area (Å²) < 4.78 is 0.985. The Morgan fingerprint density at radius 1 is 1.00 bits per heavy atom. The lowest BCUT2D eigenvalue weighted by molar-refractivity contribution is -0.0821. The summed E-state index contributed by atoms with van der Waals surface area (Å²) in [6.07, 6.45) is 1.09. The van der Waals surface area contributed by atoms with Gasteiger partial charge in [0.15, 0.2) is 6.17 Å². The SMILES string of the molecule is ON1C=C(c2ccccc2)N=NC1c1ccc(Br)cc1. The predicted octanol–water partition coefficient (Wildman–Crippen LogP) is 4.60. The maximum absolute atomic E-state index is 10.1. The van der Waals surface area contributed by atoms with Crippen LogP contribution in [-0.4, -0.2) is 10.3 Å². The van der Waals surface area contributed by atoms with Gasteiger partial charge in [-0.15, -0.1) is 0 Å². The summed E-state index contributed by atoms with van der Waals surface area (Å²) in [7, 11) is 0. The Bertz CT molecular complexity index is 653. The molecule has 0 amide bonds. The molecule has 0 saturated carbocycles. The monoisotopic (exact) mass is 329 g/mol. The topological polar surface area (TPSA) is 48.2 Å². The molecule has 0 bridgehead atoms. The molecule has 1 N–H and O–H groups in total. The van der Waals surface area contributed by atoms with E-state index in [9.17, 15) is 5.21 Å². The van der Waals surface area contributed by atoms with Crippen LogP contribution in [0.25, 0.3) is 5.70 Å². The quantitative estimate of drug-likeness (QED) is 0.874. The minimum absolute atomic E-state index is 0.504. The van der Waals surface area contributed by atoms with Crippen LogP contribution in [0.15, 0.2) is 75.5 Å². The van der Waals surface area contributed by atoms with Crippen LogP contribution in [0, 0.1) is 0 Å². The van der Waals surface area contributed by atoms with Crippen molar-refractivity contribution in [2.75, 3.05) is 0 Å². The van der Waals surface area contributed by atoms with E-state index in [4.69, 9.17) is 0 Å². The molecular formula is C15H12BrN3O. The molecule has 1 unspecified atom stereocenters. The Morgan fingerprint density at radius 2 is 1.70 bits per heavy atom. The molecule has 1 aliphatic rings. The summed E-state index contributed by atoms with van der Waals surface area (Å²) in [6, 6.07) is 17.3. The predicted molar refractivity (Wildman–Crippen MR) is 79.8 cm³/mol. The van der Waals surface area contributed by atoms with Crippen LogP contribution in [0.3, 0.4) is 0 Å². The Morgan fingerprint density at radius 3 is 2.35 bits per heavy atom. The Balaban J connectivity index is 1.86. The number of hydrogen-bond donors (Lipinski definition) is 1. The summed E-state index contributed by atoms with van der Waals surface area (Å²) >= 11 is 3.38. The molecule has 4 nitrogen and oxygen atoms in total. The van der Waals surface area contributed by atoms with E-state index in [2.05, 4.69) is 26.2 Å². The van der Waals surface area contributed by atoms with E-state index in [0.29, 0.717) is 5.70 Å². The van der Waals surface area contributed by atoms with Crippen LogP contribution in [0.1, 0.15) is 17.3 Å². The molecule has 0 saturated heterocycles. The number of azo groups is 1. The Kier molecular flexibility index (Phi) is 3.62. The summed E-state index contributed by atoms with van der Waals surface area (Å²) in [6.45, 7) is 0. The number of nitrogens with zero attached hydrogens (tertiary/aromatic N) is 3. The normalized spacial score (nSPS) is 18.0. The van der Waals surface area contributed by atoms with Crippen molar-refractivity contribution in [3.63, 3.8) is 0 Å². The van der Waals surface area contributed by atoms with Gasteiger partial charge in [0, 0.05) is 15.6 Å². The maximum atomic E-state index is 10.1. The molecule has 5 heteroatoms. The lowest BCUT2D eigenvalue weighted by Crippen LogP contribution is -2.20. The molecule has 0 fully saturated rings. The molecule has 20 heavy (non-hydrogen) atoms. The highest BCUT2D eigenvalue weighted by Crippen LogP contribution is 2.30. The van der Waals surface area contributed by atoms with Crippen molar-refractivity contribution in [2.45, 2.75) is 6.17 Å². The first-order valence-electron chi connectivity index (χ1n) is 6.15. The minimum Gasteiger partial charge on any atom is -0.286 e. The smallest absolute Gasteiger partial charge is 0.191 e. The van der Waals surface area contributed by atoms with Crippen molar-refractivity contribution in [1.82, 2.24) is 5.06 Å². The van der Waals surface area contributed by atoms with Crippen molar-refractivity contribution >= 4 is 21.6 Å². The zero-order chi connectivity index (χ0) is 13.9. The second-order valence-electron chi connectivity index (χ2n) is 4.40. The summed E-state index contributed by atoms with van der Waals surface area (Å²) in [5, 5.41) is 19.6. The van der Waals surface area contributed by atoms with Crippen molar-refractivity contribution in [2.24, 2.45) is 10.2 Å². The molecule has 0 aliphatic carbocycles. The average molecular weight is 330 g/mol. The van der Waals surface area contributed by atoms with E-state index in [1.54, 1.807) is 6.20 Å². The van der Waals surface area contributed by atoms with Crippen LogP contribution in [0.5, 0.6) is 0 Å². The van der Waals surface area contributed by atoms with Crippen LogP contribution in [0.2, 0.25) is 0 Å². The second kappa shape index (κ2) is 5.56. The fraction of sp³-hybridized carbons (Fsp3) is 0.0667. The Hall–Kier alpha value is -1.98. The van der Waals surface area contributed by atoms with E-state index in [1.165, 1.54) is 0 Å². The average Bonchev–Trinajstić information content (AvgIpc) is 2.49. The minimum atomic E-state index is -0.504. The third-order valence-electron chi connectivity index (χ3n) is 3.02. The fourth-order valence-electron chi connectivity index (χ4n) is 1.99. The van der Waals surface area contributed by atoms with Gasteiger partial charge < -0.3 is 0 Å². The highest BCUT2D eigenvalue weighted by atomic mass is 79.9. The highest BCUT2D eigenvalue weighted by molar-refractivity contribution is 9.10. The van der Waals surface area contributed by atoms with Gasteiger partial charge in [-0.3, -0.25) is 5.21 Å². The molecule has 0 spiro atoms. The highest BCUT2D eigenvalue weighted by Gasteiger charge is 2.20. The van der Waals surface area contributed by atoms with E-state index in [1.807, 2.05) is 54.6 Å². The van der Waals surface area contributed by atoms with Gasteiger partial charge in [0.1, 0.15) is 5.70 Å².